The second-order valence-electron chi connectivity index (χ2n) is 5.53. The topological polar surface area (TPSA) is 91.2 Å². The molecule has 26 heavy (non-hydrogen) atoms. The van der Waals surface area contributed by atoms with Gasteiger partial charge in [-0.1, -0.05) is 24.3 Å². The highest BCUT2D eigenvalue weighted by Gasteiger charge is 2.24. The summed E-state index contributed by atoms with van der Waals surface area (Å²) < 4.78 is 6.10. The number of rotatable bonds is 9. The van der Waals surface area contributed by atoms with Crippen molar-refractivity contribution in [2.24, 2.45) is 0 Å². The highest BCUT2D eigenvalue weighted by atomic mass is 32.1. The smallest absolute Gasteiger partial charge is 0.407 e. The van der Waals surface area contributed by atoms with Crippen LogP contribution in [0, 0.1) is 11.3 Å². The third kappa shape index (κ3) is 5.33. The quantitative estimate of drug-likeness (QED) is 0.522. The van der Waals surface area contributed by atoms with Crippen LogP contribution >= 0.6 is 11.3 Å². The number of nitriles is 1. The Labute approximate surface area is 156 Å². The Balaban J connectivity index is 2.11. The van der Waals surface area contributed by atoms with E-state index in [0.717, 1.165) is 15.6 Å². The molecule has 2 rings (SSSR count). The van der Waals surface area contributed by atoms with Crippen LogP contribution in [0.5, 0.6) is 0 Å². The molecule has 1 aromatic carbocycles. The Morgan fingerprint density at radius 2 is 2.15 bits per heavy atom. The molecule has 0 aliphatic rings. The molecule has 0 aliphatic carbocycles. The van der Waals surface area contributed by atoms with E-state index in [9.17, 15) is 9.59 Å². The predicted octanol–water partition coefficient (Wildman–Crippen LogP) is 3.32. The lowest BCUT2D eigenvalue weighted by Crippen LogP contribution is -2.38. The number of alkyl carbamates (subject to hydrolysis) is 1. The van der Waals surface area contributed by atoms with Crippen molar-refractivity contribution < 1.29 is 14.3 Å². The molecule has 136 valence electrons. The molecule has 1 heterocycles. The van der Waals surface area contributed by atoms with Crippen molar-refractivity contribution in [3.63, 3.8) is 0 Å². The molecular weight excluding hydrogens is 350 g/mol. The first-order chi connectivity index (χ1) is 12.7. The van der Waals surface area contributed by atoms with Gasteiger partial charge in [0.25, 0.3) is 0 Å². The number of carbonyl (C=O) groups is 2. The number of amides is 2. The zero-order chi connectivity index (χ0) is 18.8. The van der Waals surface area contributed by atoms with Gasteiger partial charge in [-0.25, -0.2) is 4.79 Å². The maximum Gasteiger partial charge on any atom is 0.407 e. The number of ether oxygens (including phenoxy) is 1. The highest BCUT2D eigenvalue weighted by molar-refractivity contribution is 7.17. The van der Waals surface area contributed by atoms with Gasteiger partial charge in [0.15, 0.2) is 0 Å². The molecule has 0 saturated carbocycles. The molecule has 0 fully saturated rings. The van der Waals surface area contributed by atoms with Crippen molar-refractivity contribution >= 4 is 33.4 Å². The summed E-state index contributed by atoms with van der Waals surface area (Å²) in [5.41, 5.74) is 0.853. The fourth-order valence-electron chi connectivity index (χ4n) is 2.45. The zero-order valence-electron chi connectivity index (χ0n) is 14.4. The first kappa shape index (κ1) is 19.5. The molecule has 0 spiro atoms. The second-order valence-corrected chi connectivity index (χ2v) is 6.44. The second kappa shape index (κ2) is 10.2. The lowest BCUT2D eigenvalue weighted by Gasteiger charge is -2.17. The normalized spacial score (nSPS) is 11.3. The minimum atomic E-state index is -0.568. The fourth-order valence-corrected chi connectivity index (χ4v) is 3.46. The van der Waals surface area contributed by atoms with Gasteiger partial charge in [0, 0.05) is 17.8 Å². The van der Waals surface area contributed by atoms with Crippen LogP contribution in [0.1, 0.15) is 24.3 Å². The number of hydrogen-bond acceptors (Lipinski definition) is 5. The van der Waals surface area contributed by atoms with E-state index >= 15 is 0 Å². The molecule has 2 N–H and O–H groups in total. The van der Waals surface area contributed by atoms with Crippen LogP contribution in [-0.2, 0) is 9.53 Å². The van der Waals surface area contributed by atoms with Crippen LogP contribution in [0.15, 0.2) is 42.3 Å². The first-order valence-corrected chi connectivity index (χ1v) is 9.17. The van der Waals surface area contributed by atoms with Crippen molar-refractivity contribution in [2.75, 3.05) is 19.7 Å². The van der Waals surface area contributed by atoms with Gasteiger partial charge in [-0.2, -0.15) is 5.26 Å². The minimum absolute atomic E-state index is 0.117. The number of hydrogen-bond donors (Lipinski definition) is 2. The van der Waals surface area contributed by atoms with Gasteiger partial charge < -0.3 is 15.4 Å². The van der Waals surface area contributed by atoms with E-state index in [1.807, 2.05) is 35.7 Å². The Hall–Kier alpha value is -2.85. The SMILES string of the molecule is C=CCCOC(=O)NCC(C(=O)NCCC#N)c1csc2ccccc12. The summed E-state index contributed by atoms with van der Waals surface area (Å²) in [5, 5.41) is 17.0. The van der Waals surface area contributed by atoms with E-state index in [0.29, 0.717) is 6.42 Å². The molecule has 0 bridgehead atoms. The van der Waals surface area contributed by atoms with Crippen molar-refractivity contribution in [1.29, 1.82) is 5.26 Å². The van der Waals surface area contributed by atoms with Crippen molar-refractivity contribution in [1.82, 2.24) is 10.6 Å². The number of nitrogens with one attached hydrogen (secondary N) is 2. The van der Waals surface area contributed by atoms with Gasteiger partial charge >= 0.3 is 6.09 Å². The van der Waals surface area contributed by atoms with E-state index in [2.05, 4.69) is 17.2 Å². The van der Waals surface area contributed by atoms with Crippen molar-refractivity contribution in [3.05, 3.63) is 47.9 Å². The molecule has 7 heteroatoms. The number of benzene rings is 1. The van der Waals surface area contributed by atoms with Crippen LogP contribution in [0.3, 0.4) is 0 Å². The van der Waals surface area contributed by atoms with Crippen LogP contribution in [0.4, 0.5) is 4.79 Å². The molecule has 1 aromatic heterocycles. The monoisotopic (exact) mass is 371 g/mol. The van der Waals surface area contributed by atoms with Crippen molar-refractivity contribution in [3.8, 4) is 6.07 Å². The van der Waals surface area contributed by atoms with E-state index in [-0.39, 0.29) is 32.0 Å². The lowest BCUT2D eigenvalue weighted by molar-refractivity contribution is -0.122. The van der Waals surface area contributed by atoms with Gasteiger partial charge in [0.2, 0.25) is 5.91 Å². The third-order valence-electron chi connectivity index (χ3n) is 3.74. The predicted molar refractivity (Wildman–Crippen MR) is 102 cm³/mol. The van der Waals surface area contributed by atoms with Gasteiger partial charge in [-0.15, -0.1) is 17.9 Å². The largest absolute Gasteiger partial charge is 0.449 e. The molecule has 2 amide bonds. The van der Waals surface area contributed by atoms with Crippen LogP contribution in [0.2, 0.25) is 0 Å². The summed E-state index contributed by atoms with van der Waals surface area (Å²) in [6, 6.07) is 9.80. The van der Waals surface area contributed by atoms with E-state index in [4.69, 9.17) is 10.00 Å². The van der Waals surface area contributed by atoms with E-state index in [1.54, 1.807) is 17.4 Å². The lowest BCUT2D eigenvalue weighted by atomic mass is 9.97. The molecule has 1 unspecified atom stereocenters. The van der Waals surface area contributed by atoms with Gasteiger partial charge in [-0.05, 0) is 28.8 Å². The maximum atomic E-state index is 12.6. The third-order valence-corrected chi connectivity index (χ3v) is 4.73. The number of carbonyl (C=O) groups excluding carboxylic acids is 2. The summed E-state index contributed by atoms with van der Waals surface area (Å²) in [7, 11) is 0. The zero-order valence-corrected chi connectivity index (χ0v) is 15.2. The van der Waals surface area contributed by atoms with E-state index < -0.39 is 12.0 Å². The van der Waals surface area contributed by atoms with Crippen LogP contribution < -0.4 is 10.6 Å². The number of thiophene rings is 1. The number of fused-ring (bicyclic) bond motifs is 1. The highest BCUT2D eigenvalue weighted by Crippen LogP contribution is 2.31. The maximum absolute atomic E-state index is 12.6. The molecule has 0 aliphatic heterocycles. The summed E-state index contributed by atoms with van der Waals surface area (Å²) in [4.78, 5) is 24.4. The Morgan fingerprint density at radius 1 is 1.35 bits per heavy atom. The molecule has 0 radical (unpaired) electrons. The van der Waals surface area contributed by atoms with E-state index in [1.165, 1.54) is 0 Å². The van der Waals surface area contributed by atoms with Gasteiger partial charge in [-0.3, -0.25) is 4.79 Å². The summed E-state index contributed by atoms with van der Waals surface area (Å²) in [6.07, 6.45) is 1.90. The molecule has 6 nitrogen and oxygen atoms in total. The fraction of sp³-hybridized carbons (Fsp3) is 0.316. The summed E-state index contributed by atoms with van der Waals surface area (Å²) in [6.45, 7) is 4.21. The Bertz CT molecular complexity index is 810. The van der Waals surface area contributed by atoms with Crippen LogP contribution in [0.25, 0.3) is 10.1 Å². The molecule has 1 atom stereocenters. The first-order valence-electron chi connectivity index (χ1n) is 8.29. The number of nitrogens with zero attached hydrogens (tertiary/aromatic N) is 1. The Kier molecular flexibility index (Phi) is 7.65. The Morgan fingerprint density at radius 3 is 2.92 bits per heavy atom. The summed E-state index contributed by atoms with van der Waals surface area (Å²) >= 11 is 1.55. The van der Waals surface area contributed by atoms with Gasteiger partial charge in [0.05, 0.1) is 25.0 Å². The summed E-state index contributed by atoms with van der Waals surface area (Å²) in [5.74, 6) is -0.785. The standard InChI is InChI=1S/C19H21N3O3S/c1-2-3-11-25-19(24)22-12-15(18(23)21-10-6-9-20)16-13-26-17-8-5-4-7-14(16)17/h2,4-5,7-8,13,15H,1,3,6,10-12H2,(H,21,23)(H,22,24). The average Bonchev–Trinajstić information content (AvgIpc) is 3.06. The molecule has 0 saturated heterocycles. The molecular formula is C19H21N3O3S. The average molecular weight is 371 g/mol. The van der Waals surface area contributed by atoms with Crippen LogP contribution in [-0.4, -0.2) is 31.7 Å². The van der Waals surface area contributed by atoms with Crippen molar-refractivity contribution in [2.45, 2.75) is 18.8 Å². The minimum Gasteiger partial charge on any atom is -0.449 e. The van der Waals surface area contributed by atoms with Gasteiger partial charge in [0.1, 0.15) is 0 Å². The molecule has 2 aromatic rings.